The lowest BCUT2D eigenvalue weighted by molar-refractivity contribution is 0.257. The van der Waals surface area contributed by atoms with Crippen LogP contribution in [0.2, 0.25) is 0 Å². The zero-order chi connectivity index (χ0) is 11.1. The van der Waals surface area contributed by atoms with Crippen LogP contribution < -0.4 is 0 Å². The van der Waals surface area contributed by atoms with Crippen LogP contribution in [-0.2, 0) is 6.42 Å². The summed E-state index contributed by atoms with van der Waals surface area (Å²) in [6.45, 7) is 3.35. The van der Waals surface area contributed by atoms with Gasteiger partial charge in [-0.05, 0) is 38.9 Å². The fourth-order valence-electron chi connectivity index (χ4n) is 1.64. The lowest BCUT2D eigenvalue weighted by Gasteiger charge is -2.24. The molecule has 0 aromatic heterocycles. The number of hydrogen-bond acceptors (Lipinski definition) is 1. The number of hydrogen-bond donors (Lipinski definition) is 0. The van der Waals surface area contributed by atoms with E-state index >= 15 is 0 Å². The van der Waals surface area contributed by atoms with Crippen molar-refractivity contribution in [2.75, 3.05) is 19.5 Å². The number of halogens is 2. The van der Waals surface area contributed by atoms with E-state index in [2.05, 4.69) is 49.2 Å². The van der Waals surface area contributed by atoms with Crippen molar-refractivity contribution in [2.24, 2.45) is 0 Å². The minimum atomic E-state index is 0. The molecule has 1 atom stereocenters. The average molecular weight is 262 g/mol. The summed E-state index contributed by atoms with van der Waals surface area (Å²) in [5, 5.41) is 0. The average Bonchev–Trinajstić information content (AvgIpc) is 2.27. The van der Waals surface area contributed by atoms with E-state index in [-0.39, 0.29) is 12.4 Å². The highest BCUT2D eigenvalue weighted by molar-refractivity contribution is 6.17. The maximum atomic E-state index is 5.68. The Morgan fingerprint density at radius 2 is 1.88 bits per heavy atom. The maximum Gasteiger partial charge on any atom is 0.0235 e. The van der Waals surface area contributed by atoms with Gasteiger partial charge in [0, 0.05) is 11.9 Å². The zero-order valence-electron chi connectivity index (χ0n) is 10.0. The highest BCUT2D eigenvalue weighted by Gasteiger charge is 2.08. The van der Waals surface area contributed by atoms with Gasteiger partial charge in [0.2, 0.25) is 0 Å². The van der Waals surface area contributed by atoms with Gasteiger partial charge in [-0.1, -0.05) is 30.3 Å². The fraction of sp³-hybridized carbons (Fsp3) is 0.538. The summed E-state index contributed by atoms with van der Waals surface area (Å²) in [7, 11) is 2.17. The summed E-state index contributed by atoms with van der Waals surface area (Å²) in [4.78, 5) is 2.37. The molecule has 0 spiro atoms. The lowest BCUT2D eigenvalue weighted by Crippen LogP contribution is -2.31. The maximum absolute atomic E-state index is 5.68. The summed E-state index contributed by atoms with van der Waals surface area (Å²) in [6.07, 6.45) is 2.18. The zero-order valence-corrected chi connectivity index (χ0v) is 11.6. The molecular weight excluding hydrogens is 241 g/mol. The minimum absolute atomic E-state index is 0. The molecule has 0 radical (unpaired) electrons. The van der Waals surface area contributed by atoms with Gasteiger partial charge in [-0.3, -0.25) is 0 Å². The molecular formula is C13H21Cl2N. The Balaban J connectivity index is 0.00000225. The van der Waals surface area contributed by atoms with Crippen LogP contribution in [0.1, 0.15) is 18.9 Å². The monoisotopic (exact) mass is 261 g/mol. The van der Waals surface area contributed by atoms with E-state index in [1.165, 1.54) is 5.56 Å². The summed E-state index contributed by atoms with van der Waals surface area (Å²) in [5.74, 6) is 0.752. The Morgan fingerprint density at radius 3 is 2.44 bits per heavy atom. The highest BCUT2D eigenvalue weighted by Crippen LogP contribution is 2.07. The van der Waals surface area contributed by atoms with Crippen LogP contribution in [0.3, 0.4) is 0 Å². The molecule has 0 fully saturated rings. The molecule has 0 amide bonds. The number of benzene rings is 1. The van der Waals surface area contributed by atoms with Crippen molar-refractivity contribution in [1.82, 2.24) is 4.90 Å². The first-order valence-electron chi connectivity index (χ1n) is 5.54. The van der Waals surface area contributed by atoms with Crippen LogP contribution in [0.4, 0.5) is 0 Å². The molecule has 0 aliphatic rings. The SMILES string of the molecule is CC(Cc1ccccc1)N(C)CCCCl.Cl. The third kappa shape index (κ3) is 5.74. The Labute approximate surface area is 110 Å². The second-order valence-electron chi connectivity index (χ2n) is 4.06. The number of alkyl halides is 1. The standard InChI is InChI=1S/C13H20ClN.ClH/c1-12(15(2)10-6-9-14)11-13-7-4-3-5-8-13;/h3-5,7-8,12H,6,9-11H2,1-2H3;1H. The van der Waals surface area contributed by atoms with E-state index in [1.54, 1.807) is 0 Å². The summed E-state index contributed by atoms with van der Waals surface area (Å²) in [5.41, 5.74) is 1.41. The van der Waals surface area contributed by atoms with Crippen molar-refractivity contribution in [1.29, 1.82) is 0 Å². The van der Waals surface area contributed by atoms with Crippen LogP contribution in [0.25, 0.3) is 0 Å². The van der Waals surface area contributed by atoms with Crippen molar-refractivity contribution >= 4 is 24.0 Å². The molecule has 3 heteroatoms. The third-order valence-corrected chi connectivity index (χ3v) is 3.04. The predicted octanol–water partition coefficient (Wildman–Crippen LogP) is 3.60. The molecule has 0 N–H and O–H groups in total. The van der Waals surface area contributed by atoms with Crippen molar-refractivity contribution < 1.29 is 0 Å². The van der Waals surface area contributed by atoms with Crippen molar-refractivity contribution in [3.63, 3.8) is 0 Å². The molecule has 92 valence electrons. The minimum Gasteiger partial charge on any atom is -0.303 e. The van der Waals surface area contributed by atoms with E-state index in [0.717, 1.165) is 25.3 Å². The number of likely N-dealkylation sites (N-methyl/N-ethyl adjacent to an activating group) is 1. The van der Waals surface area contributed by atoms with Crippen LogP contribution in [0, 0.1) is 0 Å². The molecule has 0 bridgehead atoms. The van der Waals surface area contributed by atoms with E-state index in [9.17, 15) is 0 Å². The van der Waals surface area contributed by atoms with Gasteiger partial charge in [-0.25, -0.2) is 0 Å². The second-order valence-corrected chi connectivity index (χ2v) is 4.44. The van der Waals surface area contributed by atoms with Gasteiger partial charge < -0.3 is 4.90 Å². The van der Waals surface area contributed by atoms with Gasteiger partial charge in [0.25, 0.3) is 0 Å². The van der Waals surface area contributed by atoms with Gasteiger partial charge in [-0.15, -0.1) is 24.0 Å². The number of rotatable bonds is 6. The van der Waals surface area contributed by atoms with Crippen LogP contribution >= 0.6 is 24.0 Å². The van der Waals surface area contributed by atoms with E-state index in [1.807, 2.05) is 0 Å². The van der Waals surface area contributed by atoms with Crippen LogP contribution in [0.5, 0.6) is 0 Å². The first-order valence-corrected chi connectivity index (χ1v) is 6.07. The Morgan fingerprint density at radius 1 is 1.25 bits per heavy atom. The fourth-order valence-corrected chi connectivity index (χ4v) is 1.76. The topological polar surface area (TPSA) is 3.24 Å². The molecule has 0 heterocycles. The second kappa shape index (κ2) is 8.86. The summed E-state index contributed by atoms with van der Waals surface area (Å²) >= 11 is 5.68. The molecule has 1 aromatic rings. The molecule has 0 saturated carbocycles. The molecule has 0 aliphatic carbocycles. The van der Waals surface area contributed by atoms with Crippen molar-refractivity contribution in [3.05, 3.63) is 35.9 Å². The summed E-state index contributed by atoms with van der Waals surface area (Å²) in [6, 6.07) is 11.2. The lowest BCUT2D eigenvalue weighted by atomic mass is 10.1. The Hall–Kier alpha value is -0.240. The Bertz CT molecular complexity index is 264. The van der Waals surface area contributed by atoms with Gasteiger partial charge in [0.15, 0.2) is 0 Å². The molecule has 0 aliphatic heterocycles. The number of nitrogens with zero attached hydrogens (tertiary/aromatic N) is 1. The van der Waals surface area contributed by atoms with Crippen LogP contribution in [0.15, 0.2) is 30.3 Å². The van der Waals surface area contributed by atoms with Gasteiger partial charge >= 0.3 is 0 Å². The van der Waals surface area contributed by atoms with E-state index < -0.39 is 0 Å². The summed E-state index contributed by atoms with van der Waals surface area (Å²) < 4.78 is 0. The van der Waals surface area contributed by atoms with Gasteiger partial charge in [0.1, 0.15) is 0 Å². The molecule has 1 aromatic carbocycles. The van der Waals surface area contributed by atoms with Gasteiger partial charge in [-0.2, -0.15) is 0 Å². The normalized spacial score (nSPS) is 12.2. The van der Waals surface area contributed by atoms with Crippen molar-refractivity contribution in [3.8, 4) is 0 Å². The first-order chi connectivity index (χ1) is 7.24. The molecule has 0 saturated heterocycles. The van der Waals surface area contributed by atoms with Crippen LogP contribution in [-0.4, -0.2) is 30.4 Å². The van der Waals surface area contributed by atoms with Gasteiger partial charge in [0.05, 0.1) is 0 Å². The highest BCUT2D eigenvalue weighted by atomic mass is 35.5. The predicted molar refractivity (Wildman–Crippen MR) is 74.8 cm³/mol. The smallest absolute Gasteiger partial charge is 0.0235 e. The first kappa shape index (κ1) is 15.8. The largest absolute Gasteiger partial charge is 0.303 e. The van der Waals surface area contributed by atoms with Crippen molar-refractivity contribution in [2.45, 2.75) is 25.8 Å². The third-order valence-electron chi connectivity index (χ3n) is 2.77. The molecule has 1 unspecified atom stereocenters. The molecule has 16 heavy (non-hydrogen) atoms. The quantitative estimate of drug-likeness (QED) is 0.708. The Kier molecular flexibility index (Phi) is 8.73. The molecule has 1 rings (SSSR count). The molecule has 1 nitrogen and oxygen atoms in total. The van der Waals surface area contributed by atoms with E-state index in [0.29, 0.717) is 6.04 Å². The van der Waals surface area contributed by atoms with E-state index in [4.69, 9.17) is 11.6 Å².